The molecule has 0 atom stereocenters. The quantitative estimate of drug-likeness (QED) is 0.463. The summed E-state index contributed by atoms with van der Waals surface area (Å²) in [6.07, 6.45) is 17.2. The average molecular weight is 255 g/mol. The highest BCUT2D eigenvalue weighted by molar-refractivity contribution is 5.68. The largest absolute Gasteiger partial charge is 0.0654 e. The van der Waals surface area contributed by atoms with Crippen LogP contribution in [0.15, 0.2) is 29.8 Å². The van der Waals surface area contributed by atoms with Gasteiger partial charge in [-0.05, 0) is 24.0 Å². The van der Waals surface area contributed by atoms with Crippen molar-refractivity contribution in [3.05, 3.63) is 47.4 Å². The Balaban J connectivity index is 1.54. The fourth-order valence-electron chi connectivity index (χ4n) is 2.82. The van der Waals surface area contributed by atoms with Gasteiger partial charge in [0, 0.05) is 6.42 Å². The maximum absolute atomic E-state index is 2.36. The number of hydrogen-bond donors (Lipinski definition) is 0. The van der Waals surface area contributed by atoms with Crippen molar-refractivity contribution in [2.24, 2.45) is 0 Å². The molecule has 0 nitrogen and oxygen atoms in total. The van der Waals surface area contributed by atoms with Crippen LogP contribution < -0.4 is 0 Å². The molecular weight excluding hydrogens is 228 g/mol. The lowest BCUT2D eigenvalue weighted by molar-refractivity contribution is 0.576. The van der Waals surface area contributed by atoms with E-state index >= 15 is 0 Å². The number of hydrogen-bond acceptors (Lipinski definition) is 0. The molecule has 1 aliphatic carbocycles. The van der Waals surface area contributed by atoms with Crippen molar-refractivity contribution in [2.75, 3.05) is 0 Å². The van der Waals surface area contributed by atoms with Crippen LogP contribution in [-0.2, 0) is 0 Å². The Kier molecular flexibility index (Phi) is 6.20. The summed E-state index contributed by atoms with van der Waals surface area (Å²) in [5, 5.41) is 0. The number of rotatable bonds is 9. The van der Waals surface area contributed by atoms with Crippen LogP contribution >= 0.6 is 0 Å². The van der Waals surface area contributed by atoms with E-state index in [1.165, 1.54) is 74.5 Å². The molecule has 0 aliphatic heterocycles. The van der Waals surface area contributed by atoms with Gasteiger partial charge in [0.15, 0.2) is 0 Å². The second-order valence-electron chi connectivity index (χ2n) is 5.72. The van der Waals surface area contributed by atoms with Gasteiger partial charge in [0.1, 0.15) is 0 Å². The molecule has 1 aromatic carbocycles. The van der Waals surface area contributed by atoms with Crippen molar-refractivity contribution >= 4 is 6.08 Å². The highest BCUT2D eigenvalue weighted by atomic mass is 14.2. The summed E-state index contributed by atoms with van der Waals surface area (Å²) in [6.45, 7) is 2.28. The molecule has 0 heteroatoms. The van der Waals surface area contributed by atoms with Gasteiger partial charge in [0.25, 0.3) is 0 Å². The van der Waals surface area contributed by atoms with Crippen LogP contribution in [0.4, 0.5) is 0 Å². The Morgan fingerprint density at radius 2 is 1.37 bits per heavy atom. The van der Waals surface area contributed by atoms with Gasteiger partial charge in [0.05, 0.1) is 0 Å². The summed E-state index contributed by atoms with van der Waals surface area (Å²) in [4.78, 5) is 0. The summed E-state index contributed by atoms with van der Waals surface area (Å²) in [5.41, 5.74) is 4.32. The molecule has 0 aromatic heterocycles. The Morgan fingerprint density at radius 1 is 0.737 bits per heavy atom. The van der Waals surface area contributed by atoms with Gasteiger partial charge in [-0.3, -0.25) is 0 Å². The second-order valence-corrected chi connectivity index (χ2v) is 5.72. The SMILES string of the molecule is CCCCCCCCCCC1=Cc2ccccc2[CH]1. The van der Waals surface area contributed by atoms with E-state index in [1.807, 2.05) is 0 Å². The topological polar surface area (TPSA) is 0 Å². The number of allylic oxidation sites excluding steroid dienone is 1. The van der Waals surface area contributed by atoms with E-state index in [0.29, 0.717) is 0 Å². The standard InChI is InChI=1S/C19H27/c1-2-3-4-5-6-7-8-9-12-17-15-18-13-10-11-14-19(18)16-17/h10-11,13-16H,2-9,12H2,1H3. The summed E-state index contributed by atoms with van der Waals surface area (Å²) in [5.74, 6) is 0. The molecular formula is C19H27. The van der Waals surface area contributed by atoms with Crippen molar-refractivity contribution in [3.8, 4) is 0 Å². The zero-order chi connectivity index (χ0) is 13.3. The van der Waals surface area contributed by atoms with Gasteiger partial charge in [-0.25, -0.2) is 0 Å². The van der Waals surface area contributed by atoms with Gasteiger partial charge in [-0.15, -0.1) is 0 Å². The van der Waals surface area contributed by atoms with E-state index in [-0.39, 0.29) is 0 Å². The molecule has 19 heavy (non-hydrogen) atoms. The minimum absolute atomic E-state index is 1.25. The lowest BCUT2D eigenvalue weighted by Gasteiger charge is -2.03. The first-order valence-corrected chi connectivity index (χ1v) is 8.04. The molecule has 0 heterocycles. The van der Waals surface area contributed by atoms with E-state index in [9.17, 15) is 0 Å². The Labute approximate surface area is 118 Å². The van der Waals surface area contributed by atoms with Gasteiger partial charge in [-0.1, -0.05) is 87.8 Å². The van der Waals surface area contributed by atoms with Gasteiger partial charge < -0.3 is 0 Å². The van der Waals surface area contributed by atoms with Crippen molar-refractivity contribution in [1.82, 2.24) is 0 Å². The normalized spacial score (nSPS) is 13.4. The Bertz CT molecular complexity index is 400. The first-order valence-electron chi connectivity index (χ1n) is 8.04. The smallest absolute Gasteiger partial charge is 0.0164 e. The monoisotopic (exact) mass is 255 g/mol. The Morgan fingerprint density at radius 3 is 2.05 bits per heavy atom. The molecule has 0 saturated carbocycles. The molecule has 0 fully saturated rings. The molecule has 1 radical (unpaired) electrons. The van der Waals surface area contributed by atoms with Gasteiger partial charge in [0.2, 0.25) is 0 Å². The molecule has 103 valence electrons. The molecule has 1 aromatic rings. The summed E-state index contributed by atoms with van der Waals surface area (Å²) in [7, 11) is 0. The molecule has 0 spiro atoms. The third kappa shape index (κ3) is 4.86. The zero-order valence-electron chi connectivity index (χ0n) is 12.3. The fourth-order valence-corrected chi connectivity index (χ4v) is 2.82. The van der Waals surface area contributed by atoms with Crippen molar-refractivity contribution in [1.29, 1.82) is 0 Å². The third-order valence-electron chi connectivity index (χ3n) is 4.00. The molecule has 0 amide bonds. The average Bonchev–Trinajstić information content (AvgIpc) is 2.84. The number of fused-ring (bicyclic) bond motifs is 1. The van der Waals surface area contributed by atoms with Crippen LogP contribution in [0.5, 0.6) is 0 Å². The van der Waals surface area contributed by atoms with Gasteiger partial charge >= 0.3 is 0 Å². The van der Waals surface area contributed by atoms with Crippen molar-refractivity contribution < 1.29 is 0 Å². The molecule has 0 unspecified atom stereocenters. The third-order valence-corrected chi connectivity index (χ3v) is 4.00. The van der Waals surface area contributed by atoms with Crippen LogP contribution in [0.3, 0.4) is 0 Å². The lowest BCUT2D eigenvalue weighted by Crippen LogP contribution is -1.84. The van der Waals surface area contributed by atoms with Crippen LogP contribution in [0, 0.1) is 6.42 Å². The van der Waals surface area contributed by atoms with Crippen molar-refractivity contribution in [3.63, 3.8) is 0 Å². The van der Waals surface area contributed by atoms with Crippen LogP contribution in [0.1, 0.15) is 75.8 Å². The zero-order valence-corrected chi connectivity index (χ0v) is 12.3. The maximum atomic E-state index is 2.36. The van der Waals surface area contributed by atoms with E-state index in [0.717, 1.165) is 0 Å². The van der Waals surface area contributed by atoms with E-state index in [1.54, 1.807) is 0 Å². The number of unbranched alkanes of at least 4 members (excludes halogenated alkanes) is 7. The summed E-state index contributed by atoms with van der Waals surface area (Å²) >= 11 is 0. The van der Waals surface area contributed by atoms with E-state index < -0.39 is 0 Å². The van der Waals surface area contributed by atoms with Crippen molar-refractivity contribution in [2.45, 2.75) is 64.7 Å². The predicted octanol–water partition coefficient (Wildman–Crippen LogP) is 6.17. The first kappa shape index (κ1) is 14.4. The first-order chi connectivity index (χ1) is 9.40. The number of benzene rings is 1. The van der Waals surface area contributed by atoms with Crippen LogP contribution in [0.25, 0.3) is 6.08 Å². The minimum Gasteiger partial charge on any atom is -0.0654 e. The van der Waals surface area contributed by atoms with Crippen LogP contribution in [-0.4, -0.2) is 0 Å². The summed E-state index contributed by atoms with van der Waals surface area (Å²) in [6, 6.07) is 8.68. The van der Waals surface area contributed by atoms with E-state index in [4.69, 9.17) is 0 Å². The lowest BCUT2D eigenvalue weighted by atomic mass is 10.0. The minimum atomic E-state index is 1.25. The second kappa shape index (κ2) is 8.19. The highest BCUT2D eigenvalue weighted by Gasteiger charge is 2.11. The van der Waals surface area contributed by atoms with Gasteiger partial charge in [-0.2, -0.15) is 0 Å². The molecule has 0 N–H and O–H groups in total. The molecule has 0 saturated heterocycles. The Hall–Kier alpha value is -1.04. The fraction of sp³-hybridized carbons (Fsp3) is 0.526. The molecule has 0 bridgehead atoms. The van der Waals surface area contributed by atoms with Crippen LogP contribution in [0.2, 0.25) is 0 Å². The van der Waals surface area contributed by atoms with E-state index in [2.05, 4.69) is 43.7 Å². The maximum Gasteiger partial charge on any atom is 0.0164 e. The highest BCUT2D eigenvalue weighted by Crippen LogP contribution is 2.29. The predicted molar refractivity (Wildman–Crippen MR) is 85.0 cm³/mol. The molecule has 2 rings (SSSR count). The molecule has 1 aliphatic rings. The summed E-state index contributed by atoms with van der Waals surface area (Å²) < 4.78 is 0.